The number of halogens is 3. The van der Waals surface area contributed by atoms with Gasteiger partial charge in [0.1, 0.15) is 6.04 Å². The van der Waals surface area contributed by atoms with Gasteiger partial charge in [0.25, 0.3) is 5.56 Å². The van der Waals surface area contributed by atoms with E-state index in [2.05, 4.69) is 10.3 Å². The zero-order valence-corrected chi connectivity index (χ0v) is 15.2. The molecule has 28 heavy (non-hydrogen) atoms. The van der Waals surface area contributed by atoms with E-state index in [1.807, 2.05) is 12.1 Å². The summed E-state index contributed by atoms with van der Waals surface area (Å²) in [5, 5.41) is 3.48. The highest BCUT2D eigenvalue weighted by atomic mass is 19.4. The summed E-state index contributed by atoms with van der Waals surface area (Å²) >= 11 is 0. The Hall–Kier alpha value is -2.84. The van der Waals surface area contributed by atoms with Gasteiger partial charge in [0.05, 0.1) is 0 Å². The molecule has 150 valence electrons. The molecule has 1 atom stereocenters. The Morgan fingerprint density at radius 3 is 2.75 bits per heavy atom. The molecule has 9 heteroatoms. The van der Waals surface area contributed by atoms with Crippen LogP contribution in [0.25, 0.3) is 10.9 Å². The van der Waals surface area contributed by atoms with Crippen LogP contribution in [0.4, 0.5) is 13.2 Å². The molecule has 1 aliphatic rings. The minimum absolute atomic E-state index is 0.0708. The number of hydrogen-bond donors (Lipinski definition) is 2. The maximum absolute atomic E-state index is 12.6. The second-order valence-corrected chi connectivity index (χ2v) is 6.90. The van der Waals surface area contributed by atoms with E-state index in [0.717, 1.165) is 10.9 Å². The Bertz CT molecular complexity index is 968. The first kappa shape index (κ1) is 19.9. The number of aryl methyl sites for hydroxylation is 1. The van der Waals surface area contributed by atoms with Crippen LogP contribution in [0.5, 0.6) is 0 Å². The first-order valence-corrected chi connectivity index (χ1v) is 8.95. The highest BCUT2D eigenvalue weighted by Gasteiger charge is 2.47. The van der Waals surface area contributed by atoms with Crippen molar-refractivity contribution in [2.75, 3.05) is 13.1 Å². The monoisotopic (exact) mass is 395 g/mol. The predicted octanol–water partition coefficient (Wildman–Crippen LogP) is 2.05. The predicted molar refractivity (Wildman–Crippen MR) is 96.8 cm³/mol. The molecule has 2 amide bonds. The van der Waals surface area contributed by atoms with Gasteiger partial charge in [-0.15, -0.1) is 0 Å². The van der Waals surface area contributed by atoms with Crippen LogP contribution in [-0.2, 0) is 16.0 Å². The fourth-order valence-corrected chi connectivity index (χ4v) is 3.41. The van der Waals surface area contributed by atoms with Gasteiger partial charge in [-0.05, 0) is 55.3 Å². The molecule has 1 aliphatic heterocycles. The Balaban J connectivity index is 1.61. The van der Waals surface area contributed by atoms with Crippen LogP contribution < -0.4 is 10.9 Å². The van der Waals surface area contributed by atoms with Crippen molar-refractivity contribution in [3.8, 4) is 0 Å². The number of likely N-dealkylation sites (tertiary alicyclic amines) is 1. The number of nitrogens with zero attached hydrogens (tertiary/aromatic N) is 1. The molecule has 2 heterocycles. The van der Waals surface area contributed by atoms with Crippen molar-refractivity contribution in [1.29, 1.82) is 0 Å². The third kappa shape index (κ3) is 4.18. The number of alkyl halides is 3. The molecule has 0 saturated carbocycles. The standard InChI is InChI=1S/C19H20F3N3O3/c1-11-9-13-10-12(4-5-14(13)24-16(11)26)6-7-23-17(27)15-3-2-8-25(15)18(28)19(20,21)22/h4-5,9-10,15H,2-3,6-8H2,1H3,(H,23,27)(H,24,26). The molecule has 1 unspecified atom stereocenters. The molecule has 2 aromatic rings. The Kier molecular flexibility index (Phi) is 5.44. The van der Waals surface area contributed by atoms with Gasteiger partial charge in [-0.2, -0.15) is 13.2 Å². The van der Waals surface area contributed by atoms with Crippen molar-refractivity contribution in [2.24, 2.45) is 0 Å². The molecule has 1 aromatic carbocycles. The minimum atomic E-state index is -4.98. The topological polar surface area (TPSA) is 82.3 Å². The third-order valence-electron chi connectivity index (χ3n) is 4.87. The molecule has 1 fully saturated rings. The van der Waals surface area contributed by atoms with E-state index in [1.165, 1.54) is 0 Å². The smallest absolute Gasteiger partial charge is 0.354 e. The van der Waals surface area contributed by atoms with E-state index in [9.17, 15) is 27.6 Å². The SMILES string of the molecule is Cc1cc2cc(CCNC(=O)C3CCCN3C(=O)C(F)(F)F)ccc2[nH]c1=O. The van der Waals surface area contributed by atoms with E-state index in [-0.39, 0.29) is 25.1 Å². The number of hydrogen-bond acceptors (Lipinski definition) is 3. The largest absolute Gasteiger partial charge is 0.471 e. The van der Waals surface area contributed by atoms with E-state index in [1.54, 1.807) is 19.1 Å². The van der Waals surface area contributed by atoms with Gasteiger partial charge >= 0.3 is 12.1 Å². The van der Waals surface area contributed by atoms with Crippen LogP contribution in [0, 0.1) is 6.92 Å². The number of aromatic nitrogens is 1. The molecule has 0 radical (unpaired) electrons. The van der Waals surface area contributed by atoms with Gasteiger partial charge in [0.2, 0.25) is 5.91 Å². The van der Waals surface area contributed by atoms with E-state index >= 15 is 0 Å². The average Bonchev–Trinajstić information content (AvgIpc) is 3.11. The summed E-state index contributed by atoms with van der Waals surface area (Å²) in [7, 11) is 0. The zero-order valence-electron chi connectivity index (χ0n) is 15.2. The maximum atomic E-state index is 12.6. The number of H-pyrrole nitrogens is 1. The average molecular weight is 395 g/mol. The van der Waals surface area contributed by atoms with Crippen molar-refractivity contribution in [3.05, 3.63) is 45.7 Å². The van der Waals surface area contributed by atoms with Gasteiger partial charge in [-0.3, -0.25) is 14.4 Å². The normalized spacial score (nSPS) is 17.1. The van der Waals surface area contributed by atoms with Crippen LogP contribution in [0.3, 0.4) is 0 Å². The molecule has 0 aliphatic carbocycles. The molecule has 1 aromatic heterocycles. The van der Waals surface area contributed by atoms with E-state index in [0.29, 0.717) is 28.8 Å². The van der Waals surface area contributed by atoms with Crippen LogP contribution in [-0.4, -0.2) is 47.0 Å². The van der Waals surface area contributed by atoms with Crippen LogP contribution in [0.1, 0.15) is 24.0 Å². The number of fused-ring (bicyclic) bond motifs is 1. The fourth-order valence-electron chi connectivity index (χ4n) is 3.41. The molecule has 3 rings (SSSR count). The highest BCUT2D eigenvalue weighted by molar-refractivity contribution is 5.90. The maximum Gasteiger partial charge on any atom is 0.471 e. The number of carbonyl (C=O) groups excluding carboxylic acids is 2. The van der Waals surface area contributed by atoms with Gasteiger partial charge in [-0.1, -0.05) is 6.07 Å². The summed E-state index contributed by atoms with van der Waals surface area (Å²) in [4.78, 5) is 38.7. The highest BCUT2D eigenvalue weighted by Crippen LogP contribution is 2.25. The van der Waals surface area contributed by atoms with Crippen molar-refractivity contribution in [3.63, 3.8) is 0 Å². The number of rotatable bonds is 4. The fraction of sp³-hybridized carbons (Fsp3) is 0.421. The summed E-state index contributed by atoms with van der Waals surface area (Å²) in [5.41, 5.74) is 2.06. The molecular formula is C19H20F3N3O3. The summed E-state index contributed by atoms with van der Waals surface area (Å²) in [6, 6.07) is 6.16. The van der Waals surface area contributed by atoms with Gasteiger partial charge < -0.3 is 15.2 Å². The minimum Gasteiger partial charge on any atom is -0.354 e. The van der Waals surface area contributed by atoms with E-state index in [4.69, 9.17) is 0 Å². The lowest BCUT2D eigenvalue weighted by Crippen LogP contribution is -2.50. The number of nitrogens with one attached hydrogen (secondary N) is 2. The summed E-state index contributed by atoms with van der Waals surface area (Å²) in [5.74, 6) is -2.54. The molecule has 1 saturated heterocycles. The van der Waals surface area contributed by atoms with Gasteiger partial charge in [-0.25, -0.2) is 0 Å². The van der Waals surface area contributed by atoms with Crippen LogP contribution in [0.15, 0.2) is 29.1 Å². The lowest BCUT2D eigenvalue weighted by molar-refractivity contribution is -0.186. The van der Waals surface area contributed by atoms with Crippen molar-refractivity contribution < 1.29 is 22.8 Å². The quantitative estimate of drug-likeness (QED) is 0.831. The van der Waals surface area contributed by atoms with Crippen molar-refractivity contribution in [1.82, 2.24) is 15.2 Å². The first-order valence-electron chi connectivity index (χ1n) is 8.95. The number of amides is 2. The number of aromatic amines is 1. The molecule has 6 nitrogen and oxygen atoms in total. The lowest BCUT2D eigenvalue weighted by Gasteiger charge is -2.24. The van der Waals surface area contributed by atoms with Crippen LogP contribution in [0.2, 0.25) is 0 Å². The molecular weight excluding hydrogens is 375 g/mol. The number of benzene rings is 1. The van der Waals surface area contributed by atoms with Gasteiger partial charge in [0.15, 0.2) is 0 Å². The van der Waals surface area contributed by atoms with E-state index < -0.39 is 24.0 Å². The van der Waals surface area contributed by atoms with Gasteiger partial charge in [0, 0.05) is 24.2 Å². The summed E-state index contributed by atoms with van der Waals surface area (Å²) < 4.78 is 37.9. The van der Waals surface area contributed by atoms with Crippen LogP contribution >= 0.6 is 0 Å². The van der Waals surface area contributed by atoms with Crippen molar-refractivity contribution in [2.45, 2.75) is 38.4 Å². The second-order valence-electron chi connectivity index (χ2n) is 6.90. The zero-order chi connectivity index (χ0) is 20.5. The third-order valence-corrected chi connectivity index (χ3v) is 4.87. The second kappa shape index (κ2) is 7.65. The van der Waals surface area contributed by atoms with Crippen molar-refractivity contribution >= 4 is 22.7 Å². The first-order chi connectivity index (χ1) is 13.2. The Morgan fingerprint density at radius 1 is 1.29 bits per heavy atom. The Labute approximate surface area is 158 Å². The summed E-state index contributed by atoms with van der Waals surface area (Å²) in [6.45, 7) is 1.87. The lowest BCUT2D eigenvalue weighted by atomic mass is 10.1. The Morgan fingerprint density at radius 2 is 2.04 bits per heavy atom. The molecule has 2 N–H and O–H groups in total. The molecule has 0 bridgehead atoms. The number of pyridine rings is 1. The molecule has 0 spiro atoms. The summed E-state index contributed by atoms with van der Waals surface area (Å²) in [6.07, 6.45) is -3.93. The number of carbonyl (C=O) groups is 2.